The zero-order valence-electron chi connectivity index (χ0n) is 27.1. The van der Waals surface area contributed by atoms with E-state index in [0.717, 1.165) is 28.7 Å². The Morgan fingerprint density at radius 1 is 0.683 bits per heavy atom. The highest BCUT2D eigenvalue weighted by Crippen LogP contribution is 2.39. The van der Waals surface area contributed by atoms with Crippen LogP contribution < -0.4 is 0 Å². The van der Waals surface area contributed by atoms with Crippen LogP contribution in [0, 0.1) is 17.3 Å². The van der Waals surface area contributed by atoms with Crippen LogP contribution in [0.25, 0.3) is 0 Å². The Labute approximate surface area is 251 Å². The Balaban J connectivity index is 2.65. The topological polar surface area (TPSA) is 17.1 Å². The van der Waals surface area contributed by atoms with Crippen LogP contribution >= 0.6 is 0 Å². The second-order valence-corrected chi connectivity index (χ2v) is 11.6. The molecule has 0 heterocycles. The number of ketones is 1. The number of hydrogen-bond donors (Lipinski definition) is 0. The van der Waals surface area contributed by atoms with E-state index < -0.39 is 0 Å². The zero-order chi connectivity index (χ0) is 30.8. The van der Waals surface area contributed by atoms with Gasteiger partial charge in [0.1, 0.15) is 0 Å². The van der Waals surface area contributed by atoms with Crippen molar-refractivity contribution in [2.75, 3.05) is 0 Å². The van der Waals surface area contributed by atoms with Gasteiger partial charge in [-0.15, -0.1) is 0 Å². The summed E-state index contributed by atoms with van der Waals surface area (Å²) >= 11 is 0. The van der Waals surface area contributed by atoms with Gasteiger partial charge in [0.2, 0.25) is 0 Å². The van der Waals surface area contributed by atoms with Crippen molar-refractivity contribution in [2.24, 2.45) is 5.41 Å². The summed E-state index contributed by atoms with van der Waals surface area (Å²) in [5.74, 6) is 6.45. The highest BCUT2D eigenvalue weighted by Gasteiger charge is 2.30. The van der Waals surface area contributed by atoms with Gasteiger partial charge in [0.25, 0.3) is 0 Å². The third-order valence-corrected chi connectivity index (χ3v) is 6.64. The van der Waals surface area contributed by atoms with E-state index in [-0.39, 0.29) is 11.2 Å². The minimum absolute atomic E-state index is 0.0458. The maximum atomic E-state index is 12.1. The molecule has 0 fully saturated rings. The minimum atomic E-state index is 0.0458. The third kappa shape index (κ3) is 15.5. The average Bonchev–Trinajstić information content (AvgIpc) is 2.88. The molecule has 0 saturated heterocycles. The number of hydrogen-bond acceptors (Lipinski definition) is 1. The predicted molar refractivity (Wildman–Crippen MR) is 182 cm³/mol. The van der Waals surface area contributed by atoms with E-state index in [1.807, 2.05) is 45.9 Å². The van der Waals surface area contributed by atoms with Crippen molar-refractivity contribution in [3.05, 3.63) is 142 Å². The molecule has 0 bridgehead atoms. The largest absolute Gasteiger partial charge is 0.295 e. The molecule has 1 heteroatoms. The van der Waals surface area contributed by atoms with Crippen LogP contribution in [-0.2, 0) is 4.79 Å². The van der Waals surface area contributed by atoms with Gasteiger partial charge in [0.15, 0.2) is 5.78 Å². The van der Waals surface area contributed by atoms with Gasteiger partial charge in [-0.25, -0.2) is 0 Å². The molecule has 0 aliphatic heterocycles. The number of carbonyl (C=O) groups excluding carboxylic acids is 1. The first-order valence-corrected chi connectivity index (χ1v) is 14.5. The summed E-state index contributed by atoms with van der Waals surface area (Å²) in [4.78, 5) is 12.1. The lowest BCUT2D eigenvalue weighted by molar-refractivity contribution is -0.116. The summed E-state index contributed by atoms with van der Waals surface area (Å²) in [5, 5.41) is 0. The lowest BCUT2D eigenvalue weighted by atomic mass is 9.72. The number of Topliss-reactive ketones (excluding diaryl/α,β-unsaturated/α-hetero) is 1. The Morgan fingerprint density at radius 3 is 1.66 bits per heavy atom. The fourth-order valence-corrected chi connectivity index (χ4v) is 3.99. The van der Waals surface area contributed by atoms with Gasteiger partial charge in [-0.2, -0.15) is 0 Å². The maximum absolute atomic E-state index is 12.1. The maximum Gasteiger partial charge on any atom is 0.158 e. The molecule has 0 aromatic heterocycles. The molecule has 0 spiro atoms. The average molecular weight is 547 g/mol. The molecule has 1 nitrogen and oxygen atoms in total. The van der Waals surface area contributed by atoms with Crippen molar-refractivity contribution in [2.45, 2.75) is 82.1 Å². The van der Waals surface area contributed by atoms with Crippen LogP contribution in [0.2, 0.25) is 0 Å². The number of allylic oxidation sites excluding steroid dienone is 24. The number of rotatable bonds is 10. The van der Waals surface area contributed by atoms with Crippen LogP contribution in [0.1, 0.15) is 82.1 Å². The van der Waals surface area contributed by atoms with E-state index in [1.165, 1.54) is 22.3 Å². The lowest BCUT2D eigenvalue weighted by Crippen LogP contribution is -2.24. The summed E-state index contributed by atoms with van der Waals surface area (Å²) < 4.78 is 0. The standard InChI is InChI=1S/C40H50O/c1-31(2)17-13-20-34(5)23-15-25-35(6)24-14-21-32(3)18-11-12-19-33(4)22-16-26-36(7)27-28-38-37(8)39(41)29-30-40(38,9)10/h11-12,14-19,21-28H,29-30H2,1-10H3. The molecule has 0 amide bonds. The third-order valence-electron chi connectivity index (χ3n) is 6.64. The van der Waals surface area contributed by atoms with Gasteiger partial charge >= 0.3 is 0 Å². The van der Waals surface area contributed by atoms with Gasteiger partial charge in [0.05, 0.1) is 0 Å². The van der Waals surface area contributed by atoms with Gasteiger partial charge in [-0.05, 0) is 90.0 Å². The summed E-state index contributed by atoms with van der Waals surface area (Å²) in [7, 11) is 0. The molecular formula is C40H50O. The molecular weight excluding hydrogens is 496 g/mol. The van der Waals surface area contributed by atoms with E-state index in [4.69, 9.17) is 0 Å². The van der Waals surface area contributed by atoms with E-state index in [9.17, 15) is 4.79 Å². The summed E-state index contributed by atoms with van der Waals surface area (Å²) in [6.07, 6.45) is 34.7. The lowest BCUT2D eigenvalue weighted by Gasteiger charge is -2.32. The van der Waals surface area contributed by atoms with Gasteiger partial charge in [-0.3, -0.25) is 4.79 Å². The highest BCUT2D eigenvalue weighted by molar-refractivity contribution is 5.97. The first kappa shape index (κ1) is 35.1. The predicted octanol–water partition coefficient (Wildman–Crippen LogP) is 11.2. The fourth-order valence-electron chi connectivity index (χ4n) is 3.99. The molecule has 1 rings (SSSR count). The second kappa shape index (κ2) is 18.5. The molecule has 216 valence electrons. The minimum Gasteiger partial charge on any atom is -0.295 e. The van der Waals surface area contributed by atoms with Crippen molar-refractivity contribution in [3.8, 4) is 11.8 Å². The van der Waals surface area contributed by atoms with Gasteiger partial charge < -0.3 is 0 Å². The van der Waals surface area contributed by atoms with E-state index >= 15 is 0 Å². The summed E-state index contributed by atoms with van der Waals surface area (Å²) in [5.41, 5.74) is 9.05. The summed E-state index contributed by atoms with van der Waals surface area (Å²) in [6.45, 7) is 20.9. The van der Waals surface area contributed by atoms with Crippen molar-refractivity contribution in [3.63, 3.8) is 0 Å². The highest BCUT2D eigenvalue weighted by atomic mass is 16.1. The van der Waals surface area contributed by atoms with E-state index in [2.05, 4.69) is 132 Å². The van der Waals surface area contributed by atoms with Gasteiger partial charge in [0, 0.05) is 6.42 Å². The normalized spacial score (nSPS) is 18.0. The van der Waals surface area contributed by atoms with Crippen LogP contribution in [-0.4, -0.2) is 5.78 Å². The van der Waals surface area contributed by atoms with Crippen LogP contribution in [0.15, 0.2) is 142 Å². The van der Waals surface area contributed by atoms with Gasteiger partial charge in [-0.1, -0.05) is 145 Å². The Hall–Kier alpha value is -3.89. The monoisotopic (exact) mass is 546 g/mol. The van der Waals surface area contributed by atoms with Crippen molar-refractivity contribution < 1.29 is 4.79 Å². The molecule has 1 aliphatic rings. The first-order valence-electron chi connectivity index (χ1n) is 14.5. The molecule has 0 aromatic carbocycles. The molecule has 0 unspecified atom stereocenters. The fraction of sp³-hybridized carbons (Fsp3) is 0.325. The molecule has 0 aromatic rings. The van der Waals surface area contributed by atoms with Crippen LogP contribution in [0.4, 0.5) is 0 Å². The Bertz CT molecular complexity index is 1360. The van der Waals surface area contributed by atoms with Crippen molar-refractivity contribution >= 4 is 5.78 Å². The number of carbonyl (C=O) groups is 1. The quantitative estimate of drug-likeness (QED) is 0.197. The first-order chi connectivity index (χ1) is 19.3. The SMILES string of the molecule is CC(C)=CC#CC(C)=CC=CC(C)=CC=CC(C)=CC=CC=C(C)C=CC=C(C)C=CC1=C(C)C(=O)CCC1(C)C. The molecule has 0 N–H and O–H groups in total. The van der Waals surface area contributed by atoms with Crippen molar-refractivity contribution in [1.29, 1.82) is 0 Å². The smallest absolute Gasteiger partial charge is 0.158 e. The zero-order valence-corrected chi connectivity index (χ0v) is 27.1. The molecule has 0 atom stereocenters. The molecule has 41 heavy (non-hydrogen) atoms. The molecule has 0 radical (unpaired) electrons. The van der Waals surface area contributed by atoms with E-state index in [1.54, 1.807) is 0 Å². The molecule has 0 saturated carbocycles. The van der Waals surface area contributed by atoms with Crippen molar-refractivity contribution in [1.82, 2.24) is 0 Å². The van der Waals surface area contributed by atoms with E-state index in [0.29, 0.717) is 6.42 Å². The van der Waals surface area contributed by atoms with Crippen LogP contribution in [0.5, 0.6) is 0 Å². The second-order valence-electron chi connectivity index (χ2n) is 11.6. The summed E-state index contributed by atoms with van der Waals surface area (Å²) in [6, 6.07) is 0. The molecule has 1 aliphatic carbocycles. The Morgan fingerprint density at radius 2 is 1.15 bits per heavy atom. The Kier molecular flexibility index (Phi) is 15.8. The van der Waals surface area contributed by atoms with Crippen LogP contribution in [0.3, 0.4) is 0 Å².